The highest BCUT2D eigenvalue weighted by Gasteiger charge is 2.18. The maximum atomic E-state index is 13.0. The summed E-state index contributed by atoms with van der Waals surface area (Å²) in [6, 6.07) is 17.9. The summed E-state index contributed by atoms with van der Waals surface area (Å²) in [5.41, 5.74) is 7.92. The van der Waals surface area contributed by atoms with Crippen molar-refractivity contribution in [1.29, 1.82) is 5.41 Å². The number of nitrogens with two attached hydrogens (primary N) is 1. The van der Waals surface area contributed by atoms with Crippen LogP contribution in [0.5, 0.6) is 5.75 Å². The lowest BCUT2D eigenvalue weighted by Gasteiger charge is -2.17. The Kier molecular flexibility index (Phi) is 7.83. The van der Waals surface area contributed by atoms with Crippen molar-refractivity contribution in [1.82, 2.24) is 0 Å². The lowest BCUT2D eigenvalue weighted by atomic mass is 10.0. The molecule has 0 saturated heterocycles. The summed E-state index contributed by atoms with van der Waals surface area (Å²) in [5, 5.41) is 22.0. The molecule has 3 rings (SSSR count). The largest absolute Gasteiger partial charge is 0.480 e. The zero-order valence-corrected chi connectivity index (χ0v) is 19.3. The topological polar surface area (TPSA) is 155 Å². The number of hydrogen-bond donors (Lipinski definition) is 5. The molecule has 0 heterocycles. The zero-order valence-electron chi connectivity index (χ0n) is 19.3. The van der Waals surface area contributed by atoms with E-state index in [-0.39, 0.29) is 28.5 Å². The van der Waals surface area contributed by atoms with E-state index < -0.39 is 24.4 Å². The number of anilines is 2. The molecule has 0 bridgehead atoms. The summed E-state index contributed by atoms with van der Waals surface area (Å²) in [6.45, 7) is 3.46. The SMILES string of the molecule is CC(C)c1ccc(C(=O)Nc2c(NC(=O)c3cccc(C(=N)N)c3)cccc2OCC(=O)O)cc1. The number of amides is 2. The molecule has 9 nitrogen and oxygen atoms in total. The van der Waals surface area contributed by atoms with E-state index in [9.17, 15) is 14.4 Å². The molecule has 0 aliphatic rings. The summed E-state index contributed by atoms with van der Waals surface area (Å²) in [5.74, 6) is -1.96. The highest BCUT2D eigenvalue weighted by Crippen LogP contribution is 2.34. The van der Waals surface area contributed by atoms with Gasteiger partial charge in [-0.15, -0.1) is 0 Å². The van der Waals surface area contributed by atoms with Crippen LogP contribution in [0.4, 0.5) is 11.4 Å². The first-order chi connectivity index (χ1) is 16.7. The number of nitrogen functional groups attached to an aromatic ring is 1. The second-order valence-corrected chi connectivity index (χ2v) is 8.04. The predicted octanol–water partition coefficient (Wildman–Crippen LogP) is 4.06. The van der Waals surface area contributed by atoms with Crippen molar-refractivity contribution in [3.63, 3.8) is 0 Å². The number of ether oxygens (including phenoxy) is 1. The number of aliphatic carboxylic acids is 1. The van der Waals surface area contributed by atoms with Gasteiger partial charge in [-0.25, -0.2) is 4.79 Å². The molecule has 2 amide bonds. The van der Waals surface area contributed by atoms with Crippen LogP contribution >= 0.6 is 0 Å². The van der Waals surface area contributed by atoms with Gasteiger partial charge in [0, 0.05) is 16.7 Å². The van der Waals surface area contributed by atoms with Crippen LogP contribution in [0.2, 0.25) is 0 Å². The maximum absolute atomic E-state index is 13.0. The van der Waals surface area contributed by atoms with Crippen LogP contribution in [-0.2, 0) is 4.79 Å². The summed E-state index contributed by atoms with van der Waals surface area (Å²) in [6.07, 6.45) is 0. The Morgan fingerprint density at radius 3 is 2.17 bits per heavy atom. The number of carbonyl (C=O) groups excluding carboxylic acids is 2. The molecule has 9 heteroatoms. The number of carbonyl (C=O) groups is 3. The lowest BCUT2D eigenvalue weighted by Crippen LogP contribution is -2.19. The quantitative estimate of drug-likeness (QED) is 0.233. The van der Waals surface area contributed by atoms with Crippen LogP contribution in [-0.4, -0.2) is 35.3 Å². The van der Waals surface area contributed by atoms with Crippen molar-refractivity contribution >= 4 is 35.0 Å². The molecule has 0 spiro atoms. The van der Waals surface area contributed by atoms with Crippen molar-refractivity contribution < 1.29 is 24.2 Å². The minimum absolute atomic E-state index is 0.0786. The average Bonchev–Trinajstić information content (AvgIpc) is 2.84. The number of hydrogen-bond acceptors (Lipinski definition) is 5. The molecule has 180 valence electrons. The molecule has 0 aliphatic carbocycles. The summed E-state index contributed by atoms with van der Waals surface area (Å²) in [7, 11) is 0. The van der Waals surface area contributed by atoms with Crippen LogP contribution in [0.15, 0.2) is 66.7 Å². The second kappa shape index (κ2) is 11.0. The van der Waals surface area contributed by atoms with Crippen LogP contribution in [0.1, 0.15) is 51.6 Å². The molecular weight excluding hydrogens is 448 g/mol. The van der Waals surface area contributed by atoms with E-state index in [1.165, 1.54) is 12.1 Å². The van der Waals surface area contributed by atoms with Crippen LogP contribution in [0.3, 0.4) is 0 Å². The molecule has 0 unspecified atom stereocenters. The van der Waals surface area contributed by atoms with Crippen molar-refractivity contribution in [2.24, 2.45) is 5.73 Å². The van der Waals surface area contributed by atoms with E-state index in [1.54, 1.807) is 42.5 Å². The van der Waals surface area contributed by atoms with Crippen molar-refractivity contribution in [3.8, 4) is 5.75 Å². The fourth-order valence-corrected chi connectivity index (χ4v) is 3.25. The minimum Gasteiger partial charge on any atom is -0.480 e. The third-order valence-corrected chi connectivity index (χ3v) is 5.14. The Hall–Kier alpha value is -4.66. The van der Waals surface area contributed by atoms with Gasteiger partial charge in [-0.3, -0.25) is 15.0 Å². The maximum Gasteiger partial charge on any atom is 0.341 e. The predicted molar refractivity (Wildman–Crippen MR) is 133 cm³/mol. The Labute approximate surface area is 202 Å². The fraction of sp³-hybridized carbons (Fsp3) is 0.154. The lowest BCUT2D eigenvalue weighted by molar-refractivity contribution is -0.139. The molecule has 3 aromatic rings. The molecule has 0 radical (unpaired) electrons. The Bertz CT molecular complexity index is 1270. The molecule has 0 aromatic heterocycles. The molecule has 0 aliphatic heterocycles. The molecule has 3 aromatic carbocycles. The highest BCUT2D eigenvalue weighted by atomic mass is 16.5. The van der Waals surface area contributed by atoms with Gasteiger partial charge in [0.25, 0.3) is 11.8 Å². The third-order valence-electron chi connectivity index (χ3n) is 5.14. The fourth-order valence-electron chi connectivity index (χ4n) is 3.25. The number of amidine groups is 1. The molecule has 0 saturated carbocycles. The smallest absolute Gasteiger partial charge is 0.341 e. The van der Waals surface area contributed by atoms with E-state index in [0.717, 1.165) is 5.56 Å². The Balaban J connectivity index is 1.92. The van der Waals surface area contributed by atoms with Gasteiger partial charge in [-0.1, -0.05) is 44.2 Å². The normalized spacial score (nSPS) is 10.5. The Morgan fingerprint density at radius 1 is 0.914 bits per heavy atom. The van der Waals surface area contributed by atoms with Gasteiger partial charge < -0.3 is 26.2 Å². The van der Waals surface area contributed by atoms with Gasteiger partial charge in [-0.2, -0.15) is 0 Å². The van der Waals surface area contributed by atoms with Crippen molar-refractivity contribution in [2.75, 3.05) is 17.2 Å². The number of carboxylic acids is 1. The average molecular weight is 475 g/mol. The van der Waals surface area contributed by atoms with Gasteiger partial charge in [0.2, 0.25) is 0 Å². The minimum atomic E-state index is -1.19. The second-order valence-electron chi connectivity index (χ2n) is 8.04. The van der Waals surface area contributed by atoms with E-state index in [2.05, 4.69) is 10.6 Å². The van der Waals surface area contributed by atoms with Gasteiger partial charge >= 0.3 is 5.97 Å². The van der Waals surface area contributed by atoms with Crippen molar-refractivity contribution in [3.05, 3.63) is 89.0 Å². The number of para-hydroxylation sites is 1. The van der Waals surface area contributed by atoms with Crippen LogP contribution in [0.25, 0.3) is 0 Å². The van der Waals surface area contributed by atoms with Crippen LogP contribution < -0.4 is 21.1 Å². The molecule has 0 atom stereocenters. The number of rotatable bonds is 9. The van der Waals surface area contributed by atoms with Gasteiger partial charge in [-0.05, 0) is 47.9 Å². The summed E-state index contributed by atoms with van der Waals surface area (Å²) >= 11 is 0. The van der Waals surface area contributed by atoms with E-state index in [0.29, 0.717) is 17.0 Å². The number of benzene rings is 3. The van der Waals surface area contributed by atoms with E-state index in [1.807, 2.05) is 26.0 Å². The van der Waals surface area contributed by atoms with Gasteiger partial charge in [0.05, 0.1) is 5.69 Å². The summed E-state index contributed by atoms with van der Waals surface area (Å²) < 4.78 is 5.35. The molecule has 35 heavy (non-hydrogen) atoms. The van der Waals surface area contributed by atoms with E-state index >= 15 is 0 Å². The van der Waals surface area contributed by atoms with Crippen LogP contribution in [0, 0.1) is 5.41 Å². The number of carboxylic acid groups (broad SMARTS) is 1. The monoisotopic (exact) mass is 474 g/mol. The van der Waals surface area contributed by atoms with Gasteiger partial charge in [0.1, 0.15) is 17.3 Å². The molecule has 0 fully saturated rings. The first kappa shape index (κ1) is 25.0. The first-order valence-corrected chi connectivity index (χ1v) is 10.8. The molecular formula is C26H26N4O5. The van der Waals surface area contributed by atoms with Crippen molar-refractivity contribution in [2.45, 2.75) is 19.8 Å². The zero-order chi connectivity index (χ0) is 25.5. The highest BCUT2D eigenvalue weighted by molar-refractivity contribution is 6.11. The first-order valence-electron chi connectivity index (χ1n) is 10.8. The van der Waals surface area contributed by atoms with Gasteiger partial charge in [0.15, 0.2) is 6.61 Å². The third kappa shape index (κ3) is 6.44. The van der Waals surface area contributed by atoms with E-state index in [4.69, 9.17) is 21.0 Å². The Morgan fingerprint density at radius 2 is 1.54 bits per heavy atom. The molecule has 6 N–H and O–H groups in total. The standard InChI is InChI=1S/C26H26N4O5/c1-15(2)16-9-11-17(12-10-16)25(33)30-23-20(7-4-8-21(23)35-14-22(31)32)29-26(34)19-6-3-5-18(13-19)24(27)28/h3-13,15H,14H2,1-2H3,(H3,27,28)(H,29,34)(H,30,33)(H,31,32). The number of nitrogens with one attached hydrogen (secondary N) is 3. The summed E-state index contributed by atoms with van der Waals surface area (Å²) in [4.78, 5) is 36.9.